The van der Waals surface area contributed by atoms with E-state index in [-0.39, 0.29) is 0 Å². The second-order valence-corrected chi connectivity index (χ2v) is 3.68. The first-order chi connectivity index (χ1) is 6.35. The molecule has 0 aliphatic heterocycles. The molecule has 1 radical (unpaired) electrons. The van der Waals surface area contributed by atoms with E-state index in [2.05, 4.69) is 24.2 Å². The minimum absolute atomic E-state index is 1.09. The summed E-state index contributed by atoms with van der Waals surface area (Å²) in [5, 5.41) is 0. The molecule has 0 spiro atoms. The van der Waals surface area contributed by atoms with Crippen molar-refractivity contribution in [3.8, 4) is 0 Å². The zero-order valence-electron chi connectivity index (χ0n) is 9.01. The molecule has 0 amide bonds. The van der Waals surface area contributed by atoms with E-state index in [9.17, 15) is 0 Å². The minimum Gasteiger partial charge on any atom is -0.360 e. The number of nitrogens with zero attached hydrogens (tertiary/aromatic N) is 1. The quantitative estimate of drug-likeness (QED) is 0.318. The lowest BCUT2D eigenvalue weighted by molar-refractivity contribution is 0.407. The van der Waals surface area contributed by atoms with E-state index in [1.165, 1.54) is 38.5 Å². The molecule has 1 nitrogen and oxygen atoms in total. The highest BCUT2D eigenvalue weighted by Crippen LogP contribution is 2.01. The van der Waals surface area contributed by atoms with Crippen LogP contribution in [0.4, 0.5) is 0 Å². The Morgan fingerprint density at radius 1 is 0.923 bits per heavy atom. The summed E-state index contributed by atoms with van der Waals surface area (Å²) in [5.74, 6) is 0. The molecule has 0 rings (SSSR count). The molecule has 0 bridgehead atoms. The number of rotatable bonds is 9. The van der Waals surface area contributed by atoms with Crippen LogP contribution in [0.2, 0.25) is 0 Å². The first-order valence-electron chi connectivity index (χ1n) is 5.47. The molecule has 0 heterocycles. The van der Waals surface area contributed by atoms with Gasteiger partial charge in [0.15, 0.2) is 0 Å². The van der Waals surface area contributed by atoms with E-state index in [1.54, 1.807) is 0 Å². The Balaban J connectivity index is 3.31. The van der Waals surface area contributed by atoms with Crippen LogP contribution < -0.4 is 0 Å². The maximum absolute atomic E-state index is 4.84. The summed E-state index contributed by atoms with van der Waals surface area (Å²) in [6.45, 7) is 6.63. The molecule has 0 aromatic rings. The molecular weight excluding hydrogens is 178 g/mol. The molecule has 0 saturated heterocycles. The molecule has 13 heavy (non-hydrogen) atoms. The van der Waals surface area contributed by atoms with Gasteiger partial charge in [-0.05, 0) is 12.8 Å². The van der Waals surface area contributed by atoms with Gasteiger partial charge in [-0.15, -0.1) is 0 Å². The van der Waals surface area contributed by atoms with Crippen molar-refractivity contribution in [1.82, 2.24) is 4.90 Å². The van der Waals surface area contributed by atoms with E-state index < -0.39 is 0 Å². The van der Waals surface area contributed by atoms with Crippen LogP contribution >= 0.6 is 12.2 Å². The standard InChI is InChI=1S/C11H22NS/c1-3-5-7-8-10-12(11-13)9-6-4-2/h3-10H2,1-2H3. The van der Waals surface area contributed by atoms with Crippen LogP contribution in [0.5, 0.6) is 0 Å². The van der Waals surface area contributed by atoms with Gasteiger partial charge in [0.05, 0.1) is 0 Å². The van der Waals surface area contributed by atoms with Crippen molar-refractivity contribution in [3.05, 3.63) is 0 Å². The van der Waals surface area contributed by atoms with Crippen molar-refractivity contribution in [2.75, 3.05) is 13.1 Å². The highest BCUT2D eigenvalue weighted by molar-refractivity contribution is 7.78. The van der Waals surface area contributed by atoms with Crippen LogP contribution in [0.1, 0.15) is 52.4 Å². The predicted octanol–water partition coefficient (Wildman–Crippen LogP) is 3.50. The summed E-state index contributed by atoms with van der Waals surface area (Å²) in [4.78, 5) is 2.15. The fourth-order valence-electron chi connectivity index (χ4n) is 1.28. The Labute approximate surface area is 88.5 Å². The summed E-state index contributed by atoms with van der Waals surface area (Å²) in [6.07, 6.45) is 7.71. The lowest BCUT2D eigenvalue weighted by Crippen LogP contribution is -2.23. The van der Waals surface area contributed by atoms with Crippen molar-refractivity contribution < 1.29 is 0 Å². The summed E-state index contributed by atoms with van der Waals surface area (Å²) in [7, 11) is 0. The Kier molecular flexibility index (Phi) is 9.89. The zero-order chi connectivity index (χ0) is 9.94. The van der Waals surface area contributed by atoms with E-state index in [0.29, 0.717) is 0 Å². The maximum atomic E-state index is 4.84. The van der Waals surface area contributed by atoms with Crippen molar-refractivity contribution in [2.24, 2.45) is 0 Å². The topological polar surface area (TPSA) is 3.24 Å². The van der Waals surface area contributed by atoms with Gasteiger partial charge in [-0.2, -0.15) is 0 Å². The molecule has 0 atom stereocenters. The Bertz CT molecular complexity index is 115. The first kappa shape index (κ1) is 12.9. The van der Waals surface area contributed by atoms with Gasteiger partial charge in [0.25, 0.3) is 0 Å². The molecule has 0 unspecified atom stereocenters. The summed E-state index contributed by atoms with van der Waals surface area (Å²) in [5.41, 5.74) is 2.83. The van der Waals surface area contributed by atoms with Crippen LogP contribution in [0.25, 0.3) is 0 Å². The van der Waals surface area contributed by atoms with Crippen molar-refractivity contribution in [1.29, 1.82) is 0 Å². The molecule has 0 saturated carbocycles. The fraction of sp³-hybridized carbons (Fsp3) is 0.909. The SMILES string of the molecule is CCCCCCN([C]=S)CCCC. The highest BCUT2D eigenvalue weighted by Gasteiger charge is 1.98. The van der Waals surface area contributed by atoms with E-state index in [4.69, 9.17) is 12.2 Å². The lowest BCUT2D eigenvalue weighted by atomic mass is 10.2. The fourth-order valence-corrected chi connectivity index (χ4v) is 1.46. The average Bonchev–Trinajstić information content (AvgIpc) is 2.17. The van der Waals surface area contributed by atoms with Crippen LogP contribution in [-0.2, 0) is 0 Å². The molecule has 77 valence electrons. The second kappa shape index (κ2) is 9.97. The van der Waals surface area contributed by atoms with Gasteiger partial charge in [0.1, 0.15) is 5.49 Å². The molecule has 0 aliphatic carbocycles. The third kappa shape index (κ3) is 8.23. The van der Waals surface area contributed by atoms with Crippen LogP contribution in [0.15, 0.2) is 0 Å². The monoisotopic (exact) mass is 200 g/mol. The van der Waals surface area contributed by atoms with Crippen molar-refractivity contribution >= 4 is 17.7 Å². The van der Waals surface area contributed by atoms with E-state index in [0.717, 1.165) is 13.1 Å². The van der Waals surface area contributed by atoms with Crippen molar-refractivity contribution in [3.63, 3.8) is 0 Å². The van der Waals surface area contributed by atoms with Gasteiger partial charge in [-0.1, -0.05) is 51.7 Å². The van der Waals surface area contributed by atoms with Gasteiger partial charge in [-0.3, -0.25) is 0 Å². The Morgan fingerprint density at radius 2 is 1.54 bits per heavy atom. The first-order valence-corrected chi connectivity index (χ1v) is 5.88. The predicted molar refractivity (Wildman–Crippen MR) is 63.2 cm³/mol. The van der Waals surface area contributed by atoms with Crippen LogP contribution in [-0.4, -0.2) is 23.5 Å². The second-order valence-electron chi connectivity index (χ2n) is 3.49. The average molecular weight is 200 g/mol. The van der Waals surface area contributed by atoms with Gasteiger partial charge >= 0.3 is 0 Å². The van der Waals surface area contributed by atoms with Crippen molar-refractivity contribution in [2.45, 2.75) is 52.4 Å². The van der Waals surface area contributed by atoms with Crippen LogP contribution in [0, 0.1) is 0 Å². The van der Waals surface area contributed by atoms with Gasteiger partial charge in [0, 0.05) is 13.1 Å². The molecule has 0 aromatic heterocycles. The molecular formula is C11H22NS. The third-order valence-corrected chi connectivity index (χ3v) is 2.45. The molecule has 0 N–H and O–H groups in total. The highest BCUT2D eigenvalue weighted by atomic mass is 32.1. The molecule has 2 heteroatoms. The third-order valence-electron chi connectivity index (χ3n) is 2.19. The molecule has 0 aromatic carbocycles. The molecule has 0 fully saturated rings. The number of unbranched alkanes of at least 4 members (excludes halogenated alkanes) is 4. The van der Waals surface area contributed by atoms with Gasteiger partial charge in [-0.25, -0.2) is 0 Å². The summed E-state index contributed by atoms with van der Waals surface area (Å²) < 4.78 is 0. The molecule has 0 aliphatic rings. The summed E-state index contributed by atoms with van der Waals surface area (Å²) >= 11 is 4.84. The number of hydrogen-bond acceptors (Lipinski definition) is 1. The maximum Gasteiger partial charge on any atom is 0.136 e. The van der Waals surface area contributed by atoms with Gasteiger partial charge in [0.2, 0.25) is 0 Å². The minimum atomic E-state index is 1.09. The largest absolute Gasteiger partial charge is 0.360 e. The van der Waals surface area contributed by atoms with E-state index >= 15 is 0 Å². The normalized spacial score (nSPS) is 10.0. The Hall–Kier alpha value is -0.110. The summed E-state index contributed by atoms with van der Waals surface area (Å²) in [6, 6.07) is 0. The smallest absolute Gasteiger partial charge is 0.136 e. The van der Waals surface area contributed by atoms with Gasteiger partial charge < -0.3 is 4.90 Å². The number of hydrogen-bond donors (Lipinski definition) is 0. The van der Waals surface area contributed by atoms with E-state index in [1.807, 2.05) is 0 Å². The zero-order valence-corrected chi connectivity index (χ0v) is 9.83. The van der Waals surface area contributed by atoms with Crippen LogP contribution in [0.3, 0.4) is 0 Å². The lowest BCUT2D eigenvalue weighted by Gasteiger charge is -2.17. The Morgan fingerprint density at radius 3 is 2.08 bits per heavy atom. The number of thiocarbonyl (C=S) groups is 1.